The second kappa shape index (κ2) is 10.3. The van der Waals surface area contributed by atoms with Crippen molar-refractivity contribution in [3.05, 3.63) is 52.1 Å². The van der Waals surface area contributed by atoms with Crippen molar-refractivity contribution in [1.29, 1.82) is 0 Å². The SMILES string of the molecule is O=C(CSc1nc2cccnc2s1)NC[C@H]1CN(Cc2ccc(Cl)c(Cl)c2)CCO1. The normalized spacial score (nSPS) is 17.3. The van der Waals surface area contributed by atoms with Crippen LogP contribution in [-0.2, 0) is 16.1 Å². The topological polar surface area (TPSA) is 67.4 Å². The number of hydrogen-bond donors (Lipinski definition) is 1. The quantitative estimate of drug-likeness (QED) is 0.511. The minimum absolute atomic E-state index is 0.0302. The lowest BCUT2D eigenvalue weighted by Crippen LogP contribution is -2.47. The van der Waals surface area contributed by atoms with Crippen LogP contribution in [0, 0.1) is 0 Å². The molecule has 158 valence electrons. The van der Waals surface area contributed by atoms with E-state index in [0.717, 1.165) is 39.9 Å². The van der Waals surface area contributed by atoms with Crippen molar-refractivity contribution in [1.82, 2.24) is 20.2 Å². The average molecular weight is 483 g/mol. The number of halogens is 2. The van der Waals surface area contributed by atoms with Crippen LogP contribution in [0.3, 0.4) is 0 Å². The summed E-state index contributed by atoms with van der Waals surface area (Å²) in [5, 5.41) is 4.09. The first-order valence-electron chi connectivity index (χ1n) is 9.46. The van der Waals surface area contributed by atoms with E-state index in [1.807, 2.05) is 30.3 Å². The minimum atomic E-state index is -0.0397. The van der Waals surface area contributed by atoms with Crippen LogP contribution in [0.25, 0.3) is 10.3 Å². The first-order valence-corrected chi connectivity index (χ1v) is 12.0. The molecule has 0 saturated carbocycles. The number of benzene rings is 1. The molecule has 1 N–H and O–H groups in total. The third-order valence-corrected chi connectivity index (χ3v) is 7.47. The Hall–Kier alpha value is -1.42. The molecule has 1 aromatic carbocycles. The lowest BCUT2D eigenvalue weighted by molar-refractivity contribution is -0.119. The van der Waals surface area contributed by atoms with Crippen molar-refractivity contribution in [3.63, 3.8) is 0 Å². The zero-order valence-electron chi connectivity index (χ0n) is 16.0. The Balaban J connectivity index is 1.21. The van der Waals surface area contributed by atoms with Gasteiger partial charge in [-0.25, -0.2) is 9.97 Å². The fourth-order valence-electron chi connectivity index (χ4n) is 3.16. The first kappa shape index (κ1) is 21.8. The molecule has 0 bridgehead atoms. The lowest BCUT2D eigenvalue weighted by atomic mass is 10.2. The summed E-state index contributed by atoms with van der Waals surface area (Å²) in [7, 11) is 0. The Kier molecular flexibility index (Phi) is 7.45. The van der Waals surface area contributed by atoms with Crippen molar-refractivity contribution in [2.45, 2.75) is 17.0 Å². The molecule has 0 spiro atoms. The highest BCUT2D eigenvalue weighted by atomic mass is 35.5. The zero-order valence-corrected chi connectivity index (χ0v) is 19.2. The van der Waals surface area contributed by atoms with Gasteiger partial charge in [0.15, 0.2) is 4.34 Å². The van der Waals surface area contributed by atoms with E-state index in [2.05, 4.69) is 20.2 Å². The highest BCUT2D eigenvalue weighted by molar-refractivity contribution is 8.01. The van der Waals surface area contributed by atoms with Gasteiger partial charge >= 0.3 is 0 Å². The van der Waals surface area contributed by atoms with Gasteiger partial charge in [-0.1, -0.05) is 52.4 Å². The van der Waals surface area contributed by atoms with Crippen molar-refractivity contribution in [3.8, 4) is 0 Å². The van der Waals surface area contributed by atoms with Crippen molar-refractivity contribution in [2.75, 3.05) is 32.0 Å². The molecular formula is C20H20Cl2N4O2S2. The summed E-state index contributed by atoms with van der Waals surface area (Å²) in [6, 6.07) is 9.47. The number of carbonyl (C=O) groups is 1. The molecule has 3 aromatic rings. The molecule has 4 rings (SSSR count). The molecule has 0 unspecified atom stereocenters. The molecule has 1 amide bonds. The van der Waals surface area contributed by atoms with Crippen molar-refractivity contribution in [2.24, 2.45) is 0 Å². The van der Waals surface area contributed by atoms with Gasteiger partial charge in [0.2, 0.25) is 5.91 Å². The summed E-state index contributed by atoms with van der Waals surface area (Å²) >= 11 is 15.0. The molecule has 10 heteroatoms. The number of nitrogens with zero attached hydrogens (tertiary/aromatic N) is 3. The van der Waals surface area contributed by atoms with Crippen LogP contribution in [-0.4, -0.2) is 58.9 Å². The number of morpholine rings is 1. The Morgan fingerprint density at radius 1 is 1.33 bits per heavy atom. The van der Waals surface area contributed by atoms with Crippen LogP contribution >= 0.6 is 46.3 Å². The number of rotatable bonds is 7. The van der Waals surface area contributed by atoms with E-state index in [1.165, 1.54) is 23.1 Å². The van der Waals surface area contributed by atoms with Crippen LogP contribution in [0.15, 0.2) is 40.9 Å². The lowest BCUT2D eigenvalue weighted by Gasteiger charge is -2.33. The number of hydrogen-bond acceptors (Lipinski definition) is 7. The van der Waals surface area contributed by atoms with Crippen LogP contribution in [0.2, 0.25) is 10.0 Å². The summed E-state index contributed by atoms with van der Waals surface area (Å²) in [4.78, 5) is 24.2. The number of carbonyl (C=O) groups excluding carboxylic acids is 1. The third kappa shape index (κ3) is 5.84. The molecule has 1 aliphatic heterocycles. The third-order valence-electron chi connectivity index (χ3n) is 4.61. The van der Waals surface area contributed by atoms with E-state index in [1.54, 1.807) is 6.20 Å². The summed E-state index contributed by atoms with van der Waals surface area (Å²) in [6.45, 7) is 3.48. The van der Waals surface area contributed by atoms with E-state index in [9.17, 15) is 4.79 Å². The highest BCUT2D eigenvalue weighted by Gasteiger charge is 2.21. The maximum atomic E-state index is 12.2. The number of nitrogens with one attached hydrogen (secondary N) is 1. The molecule has 1 fully saturated rings. The van der Waals surface area contributed by atoms with Crippen molar-refractivity contribution >= 4 is 62.6 Å². The van der Waals surface area contributed by atoms with Crippen LogP contribution < -0.4 is 5.32 Å². The number of thioether (sulfide) groups is 1. The fraction of sp³-hybridized carbons (Fsp3) is 0.350. The largest absolute Gasteiger partial charge is 0.374 e. The molecule has 1 aliphatic rings. The predicted octanol–water partition coefficient (Wildman–Crippen LogP) is 4.11. The van der Waals surface area contributed by atoms with E-state index in [-0.39, 0.29) is 12.0 Å². The Morgan fingerprint density at radius 3 is 3.07 bits per heavy atom. The molecule has 3 heterocycles. The van der Waals surface area contributed by atoms with Gasteiger partial charge in [-0.15, -0.1) is 0 Å². The van der Waals surface area contributed by atoms with Gasteiger partial charge in [-0.05, 0) is 29.8 Å². The number of thiazole rings is 1. The van der Waals surface area contributed by atoms with Gasteiger partial charge in [0.25, 0.3) is 0 Å². The van der Waals surface area contributed by atoms with Gasteiger partial charge in [0.05, 0.1) is 28.5 Å². The average Bonchev–Trinajstić information content (AvgIpc) is 3.17. The Morgan fingerprint density at radius 2 is 2.23 bits per heavy atom. The molecule has 1 atom stereocenters. The number of amides is 1. The minimum Gasteiger partial charge on any atom is -0.374 e. The number of pyridine rings is 1. The van der Waals surface area contributed by atoms with E-state index in [0.29, 0.717) is 28.9 Å². The van der Waals surface area contributed by atoms with Crippen LogP contribution in [0.4, 0.5) is 0 Å². The van der Waals surface area contributed by atoms with E-state index < -0.39 is 0 Å². The monoisotopic (exact) mass is 482 g/mol. The molecule has 1 saturated heterocycles. The zero-order chi connectivity index (χ0) is 20.9. The van der Waals surface area contributed by atoms with Gasteiger partial charge < -0.3 is 10.1 Å². The van der Waals surface area contributed by atoms with Crippen LogP contribution in [0.5, 0.6) is 0 Å². The molecule has 0 aliphatic carbocycles. The molecular weight excluding hydrogens is 463 g/mol. The molecule has 0 radical (unpaired) electrons. The highest BCUT2D eigenvalue weighted by Crippen LogP contribution is 2.27. The summed E-state index contributed by atoms with van der Waals surface area (Å²) in [5.41, 5.74) is 1.97. The standard InChI is InChI=1S/C20H20Cl2N4O2S2/c21-15-4-3-13(8-16(15)22)10-26-6-7-28-14(11-26)9-24-18(27)12-29-20-25-17-2-1-5-23-19(17)30-20/h1-5,8,14H,6-7,9-12H2,(H,24,27)/t14-/m0/s1. The smallest absolute Gasteiger partial charge is 0.230 e. The van der Waals surface area contributed by atoms with Gasteiger partial charge in [0, 0.05) is 32.4 Å². The molecule has 2 aromatic heterocycles. The predicted molar refractivity (Wildman–Crippen MR) is 123 cm³/mol. The van der Waals surface area contributed by atoms with E-state index in [4.69, 9.17) is 27.9 Å². The molecule has 6 nitrogen and oxygen atoms in total. The number of fused-ring (bicyclic) bond motifs is 1. The van der Waals surface area contributed by atoms with Crippen molar-refractivity contribution < 1.29 is 9.53 Å². The summed E-state index contributed by atoms with van der Waals surface area (Å²) < 4.78 is 6.66. The summed E-state index contributed by atoms with van der Waals surface area (Å²) in [6.07, 6.45) is 1.71. The Bertz CT molecular complexity index is 1000. The second-order valence-corrected chi connectivity index (χ2v) is 9.89. The van der Waals surface area contributed by atoms with Gasteiger partial charge in [-0.2, -0.15) is 0 Å². The number of aromatic nitrogens is 2. The second-order valence-electron chi connectivity index (χ2n) is 6.88. The molecule has 30 heavy (non-hydrogen) atoms. The first-order chi connectivity index (χ1) is 14.6. The maximum Gasteiger partial charge on any atom is 0.230 e. The fourth-order valence-corrected chi connectivity index (χ4v) is 5.29. The van der Waals surface area contributed by atoms with E-state index >= 15 is 0 Å². The number of ether oxygens (including phenoxy) is 1. The Labute approximate surface area is 192 Å². The van der Waals surface area contributed by atoms with Gasteiger partial charge in [-0.3, -0.25) is 9.69 Å². The van der Waals surface area contributed by atoms with Gasteiger partial charge in [0.1, 0.15) is 10.3 Å². The van der Waals surface area contributed by atoms with Crippen LogP contribution in [0.1, 0.15) is 5.56 Å². The summed E-state index contributed by atoms with van der Waals surface area (Å²) in [5.74, 6) is 0.289. The maximum absolute atomic E-state index is 12.2.